The molecule has 0 aliphatic carbocycles. The van der Waals surface area contributed by atoms with Crippen LogP contribution in [0.3, 0.4) is 0 Å². The van der Waals surface area contributed by atoms with Gasteiger partial charge in [0.2, 0.25) is 0 Å². The average molecular weight is 291 g/mol. The van der Waals surface area contributed by atoms with Crippen LogP contribution in [0.15, 0.2) is 16.6 Å². The lowest BCUT2D eigenvalue weighted by Gasteiger charge is -2.37. The maximum Gasteiger partial charge on any atom is 0.293 e. The zero-order valence-corrected chi connectivity index (χ0v) is 9.65. The van der Waals surface area contributed by atoms with E-state index in [1.165, 1.54) is 0 Å². The van der Waals surface area contributed by atoms with Crippen LogP contribution in [0, 0.1) is 15.9 Å². The van der Waals surface area contributed by atoms with Crippen LogP contribution in [0.4, 0.5) is 15.8 Å². The molecular weight excluding hydrogens is 283 g/mol. The van der Waals surface area contributed by atoms with E-state index in [-0.39, 0.29) is 15.8 Å². The second kappa shape index (κ2) is 3.99. The van der Waals surface area contributed by atoms with Crippen molar-refractivity contribution in [2.24, 2.45) is 0 Å². The predicted molar refractivity (Wildman–Crippen MR) is 59.0 cm³/mol. The molecule has 1 heterocycles. The number of halogens is 2. The van der Waals surface area contributed by atoms with E-state index in [2.05, 4.69) is 15.9 Å². The molecule has 1 aliphatic rings. The lowest BCUT2D eigenvalue weighted by Crippen LogP contribution is -2.51. The summed E-state index contributed by atoms with van der Waals surface area (Å²) in [6.45, 7) is 0.587. The van der Waals surface area contributed by atoms with E-state index in [1.54, 1.807) is 4.90 Å². The molecule has 1 aromatic rings. The van der Waals surface area contributed by atoms with Crippen molar-refractivity contribution in [2.75, 3.05) is 18.0 Å². The Morgan fingerprint density at radius 2 is 2.19 bits per heavy atom. The second-order valence-corrected chi connectivity index (χ2v) is 4.43. The van der Waals surface area contributed by atoms with E-state index < -0.39 is 16.8 Å². The minimum absolute atomic E-state index is 0.0593. The Kier molecular flexibility index (Phi) is 2.81. The molecule has 0 atom stereocenters. The van der Waals surface area contributed by atoms with Gasteiger partial charge in [0.05, 0.1) is 15.5 Å². The minimum atomic E-state index is -0.565. The van der Waals surface area contributed by atoms with Gasteiger partial charge in [0, 0.05) is 25.2 Å². The van der Waals surface area contributed by atoms with Gasteiger partial charge < -0.3 is 10.0 Å². The summed E-state index contributed by atoms with van der Waals surface area (Å²) < 4.78 is 13.3. The lowest BCUT2D eigenvalue weighted by molar-refractivity contribution is -0.384. The van der Waals surface area contributed by atoms with Crippen LogP contribution in [0.25, 0.3) is 0 Å². The highest BCUT2D eigenvalue weighted by atomic mass is 79.9. The van der Waals surface area contributed by atoms with Gasteiger partial charge in [0.25, 0.3) is 5.69 Å². The van der Waals surface area contributed by atoms with Crippen molar-refractivity contribution < 1.29 is 14.4 Å². The molecule has 1 N–H and O–H groups in total. The molecule has 0 unspecified atom stereocenters. The molecule has 0 radical (unpaired) electrons. The van der Waals surface area contributed by atoms with Crippen molar-refractivity contribution in [3.63, 3.8) is 0 Å². The summed E-state index contributed by atoms with van der Waals surface area (Å²) in [6.07, 6.45) is -0.494. The maximum atomic E-state index is 13.3. The monoisotopic (exact) mass is 290 g/mol. The van der Waals surface area contributed by atoms with E-state index >= 15 is 0 Å². The van der Waals surface area contributed by atoms with Crippen LogP contribution in [0.2, 0.25) is 0 Å². The number of nitro groups is 1. The fraction of sp³-hybridized carbons (Fsp3) is 0.333. The summed E-state index contributed by atoms with van der Waals surface area (Å²) in [4.78, 5) is 11.8. The summed E-state index contributed by atoms with van der Waals surface area (Å²) in [6, 6.07) is 2.24. The zero-order valence-electron chi connectivity index (χ0n) is 8.06. The summed E-state index contributed by atoms with van der Waals surface area (Å²) in [7, 11) is 0. The molecule has 0 amide bonds. The molecule has 5 nitrogen and oxygen atoms in total. The molecule has 0 bridgehead atoms. The van der Waals surface area contributed by atoms with Gasteiger partial charge in [-0.2, -0.15) is 0 Å². The molecule has 7 heteroatoms. The van der Waals surface area contributed by atoms with Crippen LogP contribution < -0.4 is 4.90 Å². The SMILES string of the molecule is O=[N+]([O-])c1cc(Br)c(F)cc1N1CC(O)C1. The predicted octanol–water partition coefficient (Wildman–Crippen LogP) is 1.68. The maximum absolute atomic E-state index is 13.3. The Morgan fingerprint density at radius 3 is 2.69 bits per heavy atom. The number of nitrogens with zero attached hydrogens (tertiary/aromatic N) is 2. The number of hydrogen-bond acceptors (Lipinski definition) is 4. The molecule has 1 aromatic carbocycles. The van der Waals surface area contributed by atoms with Crippen LogP contribution in [-0.2, 0) is 0 Å². The first kappa shape index (κ1) is 11.3. The highest BCUT2D eigenvalue weighted by Crippen LogP contribution is 2.35. The van der Waals surface area contributed by atoms with Crippen LogP contribution in [0.5, 0.6) is 0 Å². The van der Waals surface area contributed by atoms with Crippen molar-refractivity contribution in [2.45, 2.75) is 6.10 Å². The molecule has 2 rings (SSSR count). The number of β-amino-alcohol motifs (C(OH)–C–C–N with tert-alkyl or cyclic N) is 1. The molecule has 0 aromatic heterocycles. The Bertz CT molecular complexity index is 449. The first-order chi connectivity index (χ1) is 7.49. The number of aliphatic hydroxyl groups excluding tert-OH is 1. The van der Waals surface area contributed by atoms with E-state index in [0.717, 1.165) is 12.1 Å². The van der Waals surface area contributed by atoms with Gasteiger partial charge in [-0.3, -0.25) is 10.1 Å². The first-order valence-electron chi connectivity index (χ1n) is 4.55. The molecule has 86 valence electrons. The Balaban J connectivity index is 2.42. The molecule has 1 fully saturated rings. The molecule has 16 heavy (non-hydrogen) atoms. The van der Waals surface area contributed by atoms with Gasteiger partial charge in [0.15, 0.2) is 0 Å². The Labute approximate surface area is 98.8 Å². The number of hydrogen-bond donors (Lipinski definition) is 1. The van der Waals surface area contributed by atoms with Gasteiger partial charge >= 0.3 is 0 Å². The number of anilines is 1. The van der Waals surface area contributed by atoms with Crippen molar-refractivity contribution in [3.8, 4) is 0 Å². The van der Waals surface area contributed by atoms with Crippen molar-refractivity contribution in [1.82, 2.24) is 0 Å². The smallest absolute Gasteiger partial charge is 0.293 e. The highest BCUT2D eigenvalue weighted by Gasteiger charge is 2.30. The molecule has 1 aliphatic heterocycles. The quantitative estimate of drug-likeness (QED) is 0.665. The van der Waals surface area contributed by atoms with Gasteiger partial charge in [0.1, 0.15) is 11.5 Å². The summed E-state index contributed by atoms with van der Waals surface area (Å²) in [5, 5.41) is 19.9. The lowest BCUT2D eigenvalue weighted by atomic mass is 10.1. The summed E-state index contributed by atoms with van der Waals surface area (Å²) >= 11 is 2.90. The number of benzene rings is 1. The van der Waals surface area contributed by atoms with Crippen molar-refractivity contribution in [3.05, 3.63) is 32.5 Å². The first-order valence-corrected chi connectivity index (χ1v) is 5.35. The third kappa shape index (κ3) is 1.88. The highest BCUT2D eigenvalue weighted by molar-refractivity contribution is 9.10. The topological polar surface area (TPSA) is 66.6 Å². The second-order valence-electron chi connectivity index (χ2n) is 3.57. The molecule has 1 saturated heterocycles. The number of rotatable bonds is 2. The average Bonchev–Trinajstić information content (AvgIpc) is 2.16. The molecule has 0 spiro atoms. The van der Waals surface area contributed by atoms with Crippen LogP contribution in [0.1, 0.15) is 0 Å². The third-order valence-electron chi connectivity index (χ3n) is 2.42. The number of nitro benzene ring substituents is 1. The normalized spacial score (nSPS) is 16.1. The standard InChI is InChI=1S/C9H8BrFN2O3/c10-6-1-9(13(15)16)8(2-7(6)11)12-3-5(14)4-12/h1-2,5,14H,3-4H2. The van der Waals surface area contributed by atoms with E-state index in [1.807, 2.05) is 0 Å². The van der Waals surface area contributed by atoms with Crippen LogP contribution in [-0.4, -0.2) is 29.2 Å². The zero-order chi connectivity index (χ0) is 11.9. The fourth-order valence-corrected chi connectivity index (χ4v) is 1.91. The molecule has 0 saturated carbocycles. The van der Waals surface area contributed by atoms with E-state index in [4.69, 9.17) is 5.11 Å². The van der Waals surface area contributed by atoms with Gasteiger partial charge in [-0.05, 0) is 15.9 Å². The Hall–Kier alpha value is -1.21. The summed E-state index contributed by atoms with van der Waals surface area (Å²) in [5.41, 5.74) is 0.0381. The molecular formula is C9H8BrFN2O3. The van der Waals surface area contributed by atoms with Crippen molar-refractivity contribution in [1.29, 1.82) is 0 Å². The van der Waals surface area contributed by atoms with E-state index in [0.29, 0.717) is 13.1 Å². The third-order valence-corrected chi connectivity index (χ3v) is 3.02. The largest absolute Gasteiger partial charge is 0.389 e. The van der Waals surface area contributed by atoms with Gasteiger partial charge in [-0.25, -0.2) is 4.39 Å². The van der Waals surface area contributed by atoms with Gasteiger partial charge in [-0.15, -0.1) is 0 Å². The van der Waals surface area contributed by atoms with Crippen molar-refractivity contribution >= 4 is 27.3 Å². The Morgan fingerprint density at radius 1 is 1.56 bits per heavy atom. The van der Waals surface area contributed by atoms with E-state index in [9.17, 15) is 14.5 Å². The van der Waals surface area contributed by atoms with Gasteiger partial charge in [-0.1, -0.05) is 0 Å². The van der Waals surface area contributed by atoms with Crippen LogP contribution >= 0.6 is 15.9 Å². The minimum Gasteiger partial charge on any atom is -0.389 e. The fourth-order valence-electron chi connectivity index (χ4n) is 1.58. The number of aliphatic hydroxyl groups is 1. The summed E-state index contributed by atoms with van der Waals surface area (Å²) in [5.74, 6) is -0.554.